The summed E-state index contributed by atoms with van der Waals surface area (Å²) >= 11 is 6.95. The van der Waals surface area contributed by atoms with Gasteiger partial charge in [0.1, 0.15) is 5.82 Å². The molecule has 2 aromatic carbocycles. The monoisotopic (exact) mass is 489 g/mol. The van der Waals surface area contributed by atoms with Crippen LogP contribution >= 0.6 is 34.8 Å². The molecule has 0 aromatic heterocycles. The van der Waals surface area contributed by atoms with Gasteiger partial charge in [0.15, 0.2) is 10.9 Å². The van der Waals surface area contributed by atoms with Gasteiger partial charge in [-0.25, -0.2) is 4.39 Å². The lowest BCUT2D eigenvalue weighted by Gasteiger charge is -2.11. The van der Waals surface area contributed by atoms with Crippen molar-refractivity contribution in [3.05, 3.63) is 61.5 Å². The number of thiocarbonyl (C=S) groups is 1. The summed E-state index contributed by atoms with van der Waals surface area (Å²) in [6, 6.07) is 8.27. The Kier molecular flexibility index (Phi) is 6.80. The second kappa shape index (κ2) is 8.85. The van der Waals surface area contributed by atoms with Gasteiger partial charge >= 0.3 is 5.69 Å². The lowest BCUT2D eigenvalue weighted by atomic mass is 10.1. The van der Waals surface area contributed by atoms with Crippen molar-refractivity contribution in [2.45, 2.75) is 6.92 Å². The van der Waals surface area contributed by atoms with Crippen molar-refractivity contribution in [1.82, 2.24) is 5.32 Å². The zero-order valence-electron chi connectivity index (χ0n) is 13.4. The zero-order chi connectivity index (χ0) is 19.3. The molecule has 26 heavy (non-hydrogen) atoms. The first kappa shape index (κ1) is 20.0. The number of rotatable bonds is 5. The normalized spacial score (nSPS) is 10.1. The van der Waals surface area contributed by atoms with Crippen molar-refractivity contribution in [1.29, 1.82) is 0 Å². The number of anilines is 1. The molecule has 2 rings (SSSR count). The van der Waals surface area contributed by atoms with Gasteiger partial charge < -0.3 is 10.1 Å². The molecule has 0 radical (unpaired) electrons. The van der Waals surface area contributed by atoms with E-state index in [0.717, 1.165) is 6.07 Å². The minimum Gasteiger partial charge on any atom is -0.487 e. The van der Waals surface area contributed by atoms with Crippen LogP contribution in [0.4, 0.5) is 15.8 Å². The van der Waals surface area contributed by atoms with Crippen molar-refractivity contribution >= 4 is 57.2 Å². The fourth-order valence-electron chi connectivity index (χ4n) is 2.00. The summed E-state index contributed by atoms with van der Waals surface area (Å²) in [7, 11) is 0. The predicted octanol–water partition coefficient (Wildman–Crippen LogP) is 3.86. The molecular weight excluding hydrogens is 476 g/mol. The number of carbonyl (C=O) groups excluding carboxylic acids is 1. The Labute approximate surface area is 167 Å². The van der Waals surface area contributed by atoms with Gasteiger partial charge in [0.25, 0.3) is 5.91 Å². The average molecular weight is 489 g/mol. The number of nitrogens with one attached hydrogen (secondary N) is 2. The van der Waals surface area contributed by atoms with E-state index >= 15 is 0 Å². The molecule has 0 aliphatic rings. The van der Waals surface area contributed by atoms with Gasteiger partial charge in [0.2, 0.25) is 0 Å². The van der Waals surface area contributed by atoms with E-state index in [0.29, 0.717) is 3.57 Å². The molecule has 0 spiro atoms. The van der Waals surface area contributed by atoms with E-state index in [-0.39, 0.29) is 34.4 Å². The second-order valence-electron chi connectivity index (χ2n) is 4.91. The van der Waals surface area contributed by atoms with Crippen molar-refractivity contribution in [2.75, 3.05) is 11.9 Å². The van der Waals surface area contributed by atoms with Crippen LogP contribution in [-0.2, 0) is 0 Å². The van der Waals surface area contributed by atoms with Gasteiger partial charge in [-0.05, 0) is 72.1 Å². The van der Waals surface area contributed by atoms with Gasteiger partial charge in [0, 0.05) is 15.2 Å². The standard InChI is InChI=1S/C16H13FIN3O4S/c1-2-25-14-6-3-9(7-13(14)21(23)24)15(22)20-16(26)19-12-5-4-10(18)8-11(12)17/h3-8H,2H2,1H3,(H2,19,20,22,26). The van der Waals surface area contributed by atoms with Crippen molar-refractivity contribution < 1.29 is 18.8 Å². The fourth-order valence-corrected chi connectivity index (χ4v) is 2.65. The highest BCUT2D eigenvalue weighted by molar-refractivity contribution is 14.1. The van der Waals surface area contributed by atoms with Crippen molar-refractivity contribution in [3.63, 3.8) is 0 Å². The molecule has 1 amide bonds. The van der Waals surface area contributed by atoms with Crippen LogP contribution in [-0.4, -0.2) is 22.5 Å². The first-order chi connectivity index (χ1) is 12.3. The molecule has 0 saturated carbocycles. The topological polar surface area (TPSA) is 93.5 Å². The van der Waals surface area contributed by atoms with Crippen molar-refractivity contribution in [2.24, 2.45) is 0 Å². The number of nitro benzene ring substituents is 1. The highest BCUT2D eigenvalue weighted by atomic mass is 127. The maximum Gasteiger partial charge on any atom is 0.311 e. The SMILES string of the molecule is CCOc1ccc(C(=O)NC(=S)Nc2ccc(I)cc2F)cc1[N+](=O)[O-]. The van der Waals surface area contributed by atoms with E-state index < -0.39 is 16.6 Å². The third-order valence-electron chi connectivity index (χ3n) is 3.12. The number of hydrogen-bond donors (Lipinski definition) is 2. The predicted molar refractivity (Wildman–Crippen MR) is 107 cm³/mol. The first-order valence-corrected chi connectivity index (χ1v) is 8.79. The molecule has 2 aromatic rings. The molecule has 10 heteroatoms. The summed E-state index contributed by atoms with van der Waals surface area (Å²) in [5.41, 5.74) is -0.206. The Morgan fingerprint density at radius 1 is 1.35 bits per heavy atom. The van der Waals surface area contributed by atoms with Crippen molar-refractivity contribution in [3.8, 4) is 5.75 Å². The Hall–Kier alpha value is -2.34. The number of amides is 1. The van der Waals surface area contributed by atoms with Gasteiger partial charge in [-0.3, -0.25) is 20.2 Å². The highest BCUT2D eigenvalue weighted by Crippen LogP contribution is 2.28. The molecule has 0 bridgehead atoms. The second-order valence-corrected chi connectivity index (χ2v) is 6.56. The van der Waals surface area contributed by atoms with Gasteiger partial charge in [-0.15, -0.1) is 0 Å². The number of carbonyl (C=O) groups is 1. The van der Waals surface area contributed by atoms with Crippen LogP contribution in [0.25, 0.3) is 0 Å². The Balaban J connectivity index is 2.12. The fraction of sp³-hybridized carbons (Fsp3) is 0.125. The largest absolute Gasteiger partial charge is 0.487 e. The van der Waals surface area contributed by atoms with Crippen LogP contribution in [0.3, 0.4) is 0 Å². The summed E-state index contributed by atoms with van der Waals surface area (Å²) in [4.78, 5) is 22.7. The molecule has 0 aliphatic carbocycles. The van der Waals surface area contributed by atoms with Gasteiger partial charge in [-0.2, -0.15) is 0 Å². The van der Waals surface area contributed by atoms with Crippen LogP contribution in [0, 0.1) is 19.5 Å². The van der Waals surface area contributed by atoms with E-state index in [2.05, 4.69) is 10.6 Å². The molecule has 0 fully saturated rings. The van der Waals surface area contributed by atoms with E-state index in [1.807, 2.05) is 22.6 Å². The number of nitrogens with zero attached hydrogens (tertiary/aromatic N) is 1. The average Bonchev–Trinajstić information content (AvgIpc) is 2.57. The summed E-state index contributed by atoms with van der Waals surface area (Å²) < 4.78 is 19.7. The summed E-state index contributed by atoms with van der Waals surface area (Å²) in [6.07, 6.45) is 0. The number of nitro groups is 1. The van der Waals surface area contributed by atoms with Crippen LogP contribution in [0.1, 0.15) is 17.3 Å². The molecule has 0 saturated heterocycles. The molecule has 0 aliphatic heterocycles. The molecule has 2 N–H and O–H groups in total. The third-order valence-corrected chi connectivity index (χ3v) is 4.00. The zero-order valence-corrected chi connectivity index (χ0v) is 16.4. The molecule has 7 nitrogen and oxygen atoms in total. The smallest absolute Gasteiger partial charge is 0.311 e. The Morgan fingerprint density at radius 3 is 2.69 bits per heavy atom. The molecular formula is C16H13FIN3O4S. The quantitative estimate of drug-likeness (QED) is 0.287. The summed E-state index contributed by atoms with van der Waals surface area (Å²) in [5, 5.41) is 15.9. The molecule has 0 unspecified atom stereocenters. The number of hydrogen-bond acceptors (Lipinski definition) is 5. The van der Waals surface area contributed by atoms with E-state index in [4.69, 9.17) is 17.0 Å². The van der Waals surface area contributed by atoms with Crippen LogP contribution in [0.5, 0.6) is 5.75 Å². The van der Waals surface area contributed by atoms with E-state index in [1.54, 1.807) is 13.0 Å². The highest BCUT2D eigenvalue weighted by Gasteiger charge is 2.19. The lowest BCUT2D eigenvalue weighted by molar-refractivity contribution is -0.385. The van der Waals surface area contributed by atoms with Gasteiger partial charge in [0.05, 0.1) is 17.2 Å². The lowest BCUT2D eigenvalue weighted by Crippen LogP contribution is -2.34. The molecule has 0 heterocycles. The maximum absolute atomic E-state index is 13.8. The third kappa shape index (κ3) is 5.08. The number of halogens is 2. The first-order valence-electron chi connectivity index (χ1n) is 7.30. The minimum absolute atomic E-state index is 0.0207. The number of ether oxygens (including phenoxy) is 1. The Bertz CT molecular complexity index is 879. The van der Waals surface area contributed by atoms with Crippen LogP contribution in [0.2, 0.25) is 0 Å². The maximum atomic E-state index is 13.8. The van der Waals surface area contributed by atoms with E-state index in [1.165, 1.54) is 24.3 Å². The summed E-state index contributed by atoms with van der Waals surface area (Å²) in [6.45, 7) is 1.94. The molecule has 0 atom stereocenters. The van der Waals surface area contributed by atoms with Crippen LogP contribution in [0.15, 0.2) is 36.4 Å². The molecule has 136 valence electrons. The summed E-state index contributed by atoms with van der Waals surface area (Å²) in [5.74, 6) is -1.12. The van der Waals surface area contributed by atoms with Gasteiger partial charge in [-0.1, -0.05) is 0 Å². The van der Waals surface area contributed by atoms with E-state index in [9.17, 15) is 19.3 Å². The Morgan fingerprint density at radius 2 is 2.08 bits per heavy atom. The van der Waals surface area contributed by atoms with Crippen LogP contribution < -0.4 is 15.4 Å². The number of benzene rings is 2. The minimum atomic E-state index is -0.667.